The fourth-order valence-electron chi connectivity index (χ4n) is 4.18. The van der Waals surface area contributed by atoms with Gasteiger partial charge in [0, 0.05) is 6.04 Å². The molecule has 0 spiro atoms. The summed E-state index contributed by atoms with van der Waals surface area (Å²) in [5.41, 5.74) is 2.23. The zero-order valence-corrected chi connectivity index (χ0v) is 25.8. The summed E-state index contributed by atoms with van der Waals surface area (Å²) in [6.45, 7) is 13.0. The third-order valence-corrected chi connectivity index (χ3v) is 7.23. The molecule has 0 aliphatic heterocycles. The number of carbonyl (C=O) groups is 3. The van der Waals surface area contributed by atoms with Gasteiger partial charge in [0.1, 0.15) is 17.7 Å². The Bertz CT molecular complexity index is 1130. The molecule has 39 heavy (non-hydrogen) atoms. The molecule has 0 saturated carbocycles. The molecule has 7 nitrogen and oxygen atoms in total. The van der Waals surface area contributed by atoms with Crippen LogP contribution in [0.1, 0.15) is 70.2 Å². The number of alkyl carbamates (subject to hydrolysis) is 1. The second-order valence-electron chi connectivity index (χ2n) is 10.7. The SMILES string of the molecule is CCC(C)N(C(=O)C(CCSC)NC(=O)OC(C)(C)C)C(C(=O)Nc1c(C)cccc1Cl)c1cccc(C)c1. The number of amides is 3. The van der Waals surface area contributed by atoms with Crippen LogP contribution < -0.4 is 10.6 Å². The van der Waals surface area contributed by atoms with E-state index in [0.717, 1.165) is 11.1 Å². The van der Waals surface area contributed by atoms with E-state index < -0.39 is 23.8 Å². The molecule has 0 aromatic heterocycles. The highest BCUT2D eigenvalue weighted by Crippen LogP contribution is 2.31. The van der Waals surface area contributed by atoms with Crippen molar-refractivity contribution in [2.75, 3.05) is 17.3 Å². The molecule has 3 amide bonds. The van der Waals surface area contributed by atoms with Crippen molar-refractivity contribution in [3.8, 4) is 0 Å². The second kappa shape index (κ2) is 14.6. The number of hydrogen-bond acceptors (Lipinski definition) is 5. The van der Waals surface area contributed by atoms with Crippen LogP contribution in [0.15, 0.2) is 42.5 Å². The number of para-hydroxylation sites is 1. The monoisotopic (exact) mass is 575 g/mol. The maximum atomic E-state index is 14.3. The summed E-state index contributed by atoms with van der Waals surface area (Å²) in [4.78, 5) is 42.7. The van der Waals surface area contributed by atoms with E-state index in [2.05, 4.69) is 10.6 Å². The first-order chi connectivity index (χ1) is 18.3. The van der Waals surface area contributed by atoms with Gasteiger partial charge in [-0.1, -0.05) is 60.5 Å². The molecule has 214 valence electrons. The van der Waals surface area contributed by atoms with Gasteiger partial charge in [-0.2, -0.15) is 11.8 Å². The molecular weight excluding hydrogens is 534 g/mol. The molecule has 0 fully saturated rings. The molecule has 9 heteroatoms. The number of nitrogens with zero attached hydrogens (tertiary/aromatic N) is 1. The van der Waals surface area contributed by atoms with Gasteiger partial charge < -0.3 is 20.3 Å². The summed E-state index contributed by atoms with van der Waals surface area (Å²) >= 11 is 8.01. The normalized spacial score (nSPS) is 13.7. The average molecular weight is 576 g/mol. The minimum absolute atomic E-state index is 0.307. The van der Waals surface area contributed by atoms with Crippen molar-refractivity contribution >= 4 is 47.0 Å². The highest BCUT2D eigenvalue weighted by molar-refractivity contribution is 7.98. The largest absolute Gasteiger partial charge is 0.444 e. The number of benzene rings is 2. The number of carbonyl (C=O) groups excluding carboxylic acids is 3. The first-order valence-electron chi connectivity index (χ1n) is 13.2. The second-order valence-corrected chi connectivity index (χ2v) is 12.1. The van der Waals surface area contributed by atoms with E-state index in [-0.39, 0.29) is 17.9 Å². The number of hydrogen-bond donors (Lipinski definition) is 2. The van der Waals surface area contributed by atoms with Gasteiger partial charge in [0.15, 0.2) is 0 Å². The number of anilines is 1. The first kappa shape index (κ1) is 32.5. The Kier molecular flexibility index (Phi) is 12.2. The van der Waals surface area contributed by atoms with Crippen molar-refractivity contribution in [1.29, 1.82) is 0 Å². The summed E-state index contributed by atoms with van der Waals surface area (Å²) in [6, 6.07) is 10.8. The summed E-state index contributed by atoms with van der Waals surface area (Å²) in [5.74, 6) is -0.0890. The summed E-state index contributed by atoms with van der Waals surface area (Å²) in [6.07, 6.45) is 2.26. The van der Waals surface area contributed by atoms with E-state index in [1.165, 1.54) is 0 Å². The number of thioether (sulfide) groups is 1. The molecule has 2 aromatic rings. The maximum absolute atomic E-state index is 14.3. The van der Waals surface area contributed by atoms with Gasteiger partial charge in [0.05, 0.1) is 10.7 Å². The van der Waals surface area contributed by atoms with Gasteiger partial charge in [0.25, 0.3) is 5.91 Å². The fourth-order valence-corrected chi connectivity index (χ4v) is 4.92. The van der Waals surface area contributed by atoms with Crippen LogP contribution in [0.2, 0.25) is 5.02 Å². The average Bonchev–Trinajstić information content (AvgIpc) is 2.85. The fraction of sp³-hybridized carbons (Fsp3) is 0.500. The lowest BCUT2D eigenvalue weighted by Crippen LogP contribution is -2.55. The molecule has 0 bridgehead atoms. The van der Waals surface area contributed by atoms with Gasteiger partial charge in [-0.15, -0.1) is 0 Å². The van der Waals surface area contributed by atoms with Gasteiger partial charge >= 0.3 is 6.09 Å². The molecule has 3 atom stereocenters. The Balaban J connectivity index is 2.59. The van der Waals surface area contributed by atoms with Crippen LogP contribution in [0, 0.1) is 13.8 Å². The smallest absolute Gasteiger partial charge is 0.408 e. The summed E-state index contributed by atoms with van der Waals surface area (Å²) in [5, 5.41) is 6.17. The van der Waals surface area contributed by atoms with Crippen LogP contribution in [0.5, 0.6) is 0 Å². The number of rotatable bonds is 11. The Labute approximate surface area is 242 Å². The van der Waals surface area contributed by atoms with Crippen molar-refractivity contribution in [2.45, 2.75) is 85.0 Å². The van der Waals surface area contributed by atoms with Gasteiger partial charge in [-0.25, -0.2) is 4.79 Å². The van der Waals surface area contributed by atoms with Gasteiger partial charge in [0.2, 0.25) is 5.91 Å². The minimum Gasteiger partial charge on any atom is -0.444 e. The van der Waals surface area contributed by atoms with E-state index in [1.54, 1.807) is 43.5 Å². The molecule has 0 aliphatic rings. The molecule has 0 saturated heterocycles. The van der Waals surface area contributed by atoms with E-state index in [0.29, 0.717) is 34.9 Å². The maximum Gasteiger partial charge on any atom is 0.408 e. The Hall–Kier alpha value is -2.71. The van der Waals surface area contributed by atoms with Crippen molar-refractivity contribution in [3.05, 3.63) is 64.2 Å². The topological polar surface area (TPSA) is 87.7 Å². The van der Waals surface area contributed by atoms with Gasteiger partial charge in [-0.05, 0) is 83.6 Å². The zero-order chi connectivity index (χ0) is 29.3. The highest BCUT2D eigenvalue weighted by Gasteiger charge is 2.38. The van der Waals surface area contributed by atoms with Crippen LogP contribution >= 0.6 is 23.4 Å². The van der Waals surface area contributed by atoms with Crippen LogP contribution in [-0.2, 0) is 14.3 Å². The predicted molar refractivity (Wildman–Crippen MR) is 161 cm³/mol. The Morgan fingerprint density at radius 1 is 1.10 bits per heavy atom. The Morgan fingerprint density at radius 3 is 2.33 bits per heavy atom. The lowest BCUT2D eigenvalue weighted by atomic mass is 9.98. The lowest BCUT2D eigenvalue weighted by Gasteiger charge is -2.38. The molecule has 0 radical (unpaired) electrons. The highest BCUT2D eigenvalue weighted by atomic mass is 35.5. The van der Waals surface area contributed by atoms with Crippen molar-refractivity contribution < 1.29 is 19.1 Å². The van der Waals surface area contributed by atoms with E-state index in [9.17, 15) is 14.4 Å². The number of halogens is 1. The van der Waals surface area contributed by atoms with E-state index in [4.69, 9.17) is 16.3 Å². The van der Waals surface area contributed by atoms with Gasteiger partial charge in [-0.3, -0.25) is 9.59 Å². The van der Waals surface area contributed by atoms with E-state index in [1.807, 2.05) is 70.3 Å². The quantitative estimate of drug-likeness (QED) is 0.304. The summed E-state index contributed by atoms with van der Waals surface area (Å²) in [7, 11) is 0. The summed E-state index contributed by atoms with van der Waals surface area (Å²) < 4.78 is 5.46. The van der Waals surface area contributed by atoms with Crippen LogP contribution in [-0.4, -0.2) is 52.5 Å². The van der Waals surface area contributed by atoms with Crippen molar-refractivity contribution in [3.63, 3.8) is 0 Å². The standard InChI is InChI=1S/C30H42ClN3O4S/c1-9-21(4)34(28(36)24(16-17-39-8)32-29(37)38-30(5,6)7)26(22-14-10-12-19(2)18-22)27(35)33-25-20(3)13-11-15-23(25)31/h10-15,18,21,24,26H,9,16-17H2,1-8H3,(H,32,37)(H,33,35). The number of nitrogens with one attached hydrogen (secondary N) is 2. The van der Waals surface area contributed by atoms with Crippen molar-refractivity contribution in [2.24, 2.45) is 0 Å². The van der Waals surface area contributed by atoms with Crippen LogP contribution in [0.3, 0.4) is 0 Å². The van der Waals surface area contributed by atoms with Crippen LogP contribution in [0.25, 0.3) is 0 Å². The lowest BCUT2D eigenvalue weighted by molar-refractivity contribution is -0.143. The number of aryl methyl sites for hydroxylation is 2. The molecular formula is C30H42ClN3O4S. The molecule has 2 aromatic carbocycles. The molecule has 2 rings (SSSR count). The Morgan fingerprint density at radius 2 is 1.77 bits per heavy atom. The molecule has 2 N–H and O–H groups in total. The van der Waals surface area contributed by atoms with E-state index >= 15 is 0 Å². The van der Waals surface area contributed by atoms with Crippen molar-refractivity contribution in [1.82, 2.24) is 10.2 Å². The third-order valence-electron chi connectivity index (χ3n) is 6.27. The van der Waals surface area contributed by atoms with Crippen LogP contribution in [0.4, 0.5) is 10.5 Å². The minimum atomic E-state index is -0.958. The third kappa shape index (κ3) is 9.46. The molecule has 3 unspecified atom stereocenters. The molecule has 0 aliphatic carbocycles. The molecule has 0 heterocycles. The first-order valence-corrected chi connectivity index (χ1v) is 15.0. The zero-order valence-electron chi connectivity index (χ0n) is 24.3. The predicted octanol–water partition coefficient (Wildman–Crippen LogP) is 6.91. The number of ether oxygens (including phenoxy) is 1.